The Balaban J connectivity index is 1.53. The van der Waals surface area contributed by atoms with Crippen molar-refractivity contribution in [1.29, 1.82) is 0 Å². The number of carbonyl (C=O) groups excluding carboxylic acids is 2. The Labute approximate surface area is 190 Å². The van der Waals surface area contributed by atoms with Gasteiger partial charge in [0.05, 0.1) is 18.8 Å². The van der Waals surface area contributed by atoms with Crippen LogP contribution in [0, 0.1) is 0 Å². The van der Waals surface area contributed by atoms with E-state index in [0.29, 0.717) is 36.8 Å². The Hall–Kier alpha value is -3.06. The molecule has 1 aliphatic rings. The van der Waals surface area contributed by atoms with Gasteiger partial charge in [-0.1, -0.05) is 31.0 Å². The number of benzene rings is 2. The van der Waals surface area contributed by atoms with Gasteiger partial charge in [0.25, 0.3) is 5.91 Å². The van der Waals surface area contributed by atoms with Crippen molar-refractivity contribution in [3.05, 3.63) is 54.1 Å². The lowest BCUT2D eigenvalue weighted by Crippen LogP contribution is -2.31. The van der Waals surface area contributed by atoms with Crippen LogP contribution in [-0.4, -0.2) is 56.2 Å². The summed E-state index contributed by atoms with van der Waals surface area (Å²) in [5.41, 5.74) is 1.99. The molecule has 2 N–H and O–H groups in total. The van der Waals surface area contributed by atoms with Crippen molar-refractivity contribution in [3.63, 3.8) is 0 Å². The van der Waals surface area contributed by atoms with E-state index in [1.54, 1.807) is 6.07 Å². The van der Waals surface area contributed by atoms with Crippen LogP contribution in [0.1, 0.15) is 43.0 Å². The third kappa shape index (κ3) is 7.27. The summed E-state index contributed by atoms with van der Waals surface area (Å²) in [7, 11) is 0. The summed E-state index contributed by atoms with van der Waals surface area (Å²) in [6, 6.07) is 14.7. The fraction of sp³-hybridized carbons (Fsp3) is 0.440. The van der Waals surface area contributed by atoms with E-state index in [4.69, 9.17) is 9.47 Å². The molecule has 0 radical (unpaired) electrons. The summed E-state index contributed by atoms with van der Waals surface area (Å²) in [6.45, 7) is 5.17. The minimum Gasteiger partial charge on any atom is -0.489 e. The highest BCUT2D eigenvalue weighted by molar-refractivity contribution is 5.96. The highest BCUT2D eigenvalue weighted by Gasteiger charge is 2.17. The van der Waals surface area contributed by atoms with Crippen LogP contribution in [-0.2, 0) is 9.53 Å². The zero-order valence-corrected chi connectivity index (χ0v) is 18.8. The van der Waals surface area contributed by atoms with E-state index in [0.717, 1.165) is 31.6 Å². The van der Waals surface area contributed by atoms with Crippen LogP contribution in [0.3, 0.4) is 0 Å². The van der Waals surface area contributed by atoms with Gasteiger partial charge in [0.2, 0.25) is 5.91 Å². The van der Waals surface area contributed by atoms with Crippen molar-refractivity contribution >= 4 is 23.2 Å². The lowest BCUT2D eigenvalue weighted by molar-refractivity contribution is -0.114. The minimum atomic E-state index is -0.199. The average molecular weight is 440 g/mol. The molecule has 0 spiro atoms. The number of rotatable bonds is 10. The Kier molecular flexibility index (Phi) is 9.37. The fourth-order valence-electron chi connectivity index (χ4n) is 3.65. The van der Waals surface area contributed by atoms with Gasteiger partial charge in [-0.15, -0.1) is 0 Å². The monoisotopic (exact) mass is 439 g/mol. The number of nitrogens with one attached hydrogen (secondary N) is 2. The second-order valence-corrected chi connectivity index (χ2v) is 7.73. The van der Waals surface area contributed by atoms with Gasteiger partial charge >= 0.3 is 0 Å². The Morgan fingerprint density at radius 2 is 1.75 bits per heavy atom. The molecule has 0 saturated carbocycles. The maximum Gasteiger partial charge on any atom is 0.253 e. The van der Waals surface area contributed by atoms with Gasteiger partial charge in [-0.05, 0) is 50.1 Å². The number of hydrogen-bond donors (Lipinski definition) is 2. The van der Waals surface area contributed by atoms with Crippen LogP contribution in [0.25, 0.3) is 0 Å². The van der Waals surface area contributed by atoms with Gasteiger partial charge < -0.3 is 25.0 Å². The average Bonchev–Trinajstić information content (AvgIpc) is 3.11. The molecule has 0 bridgehead atoms. The van der Waals surface area contributed by atoms with E-state index in [1.165, 1.54) is 12.8 Å². The molecule has 0 unspecified atom stereocenters. The van der Waals surface area contributed by atoms with Crippen molar-refractivity contribution in [2.75, 3.05) is 50.1 Å². The highest BCUT2D eigenvalue weighted by Crippen LogP contribution is 2.23. The third-order valence-corrected chi connectivity index (χ3v) is 5.31. The third-order valence-electron chi connectivity index (χ3n) is 5.31. The lowest BCUT2D eigenvalue weighted by atomic mass is 10.1. The quantitative estimate of drug-likeness (QED) is 0.543. The molecule has 1 heterocycles. The standard InChI is InChI=1S/C25H33N3O4/c1-2-31-16-17-32-23-13-6-5-12-22(23)27-24(29)19-26-21-11-9-10-20(18-21)25(30)28-14-7-3-4-8-15-28/h5-6,9-13,18,26H,2-4,7-8,14-17,19H2,1H3,(H,27,29). The minimum absolute atomic E-state index is 0.0538. The van der Waals surface area contributed by atoms with Crippen LogP contribution < -0.4 is 15.4 Å². The first-order valence-electron chi connectivity index (χ1n) is 11.4. The van der Waals surface area contributed by atoms with E-state index < -0.39 is 0 Å². The number of hydrogen-bond acceptors (Lipinski definition) is 5. The van der Waals surface area contributed by atoms with E-state index in [1.807, 2.05) is 54.3 Å². The van der Waals surface area contributed by atoms with E-state index in [9.17, 15) is 9.59 Å². The summed E-state index contributed by atoms with van der Waals surface area (Å²) in [6.07, 6.45) is 4.48. The number of anilines is 2. The van der Waals surface area contributed by atoms with Crippen molar-refractivity contribution in [3.8, 4) is 5.75 Å². The van der Waals surface area contributed by atoms with Crippen molar-refractivity contribution in [2.45, 2.75) is 32.6 Å². The van der Waals surface area contributed by atoms with Crippen molar-refractivity contribution in [2.24, 2.45) is 0 Å². The molecule has 1 fully saturated rings. The summed E-state index contributed by atoms with van der Waals surface area (Å²) in [5, 5.41) is 5.99. The Morgan fingerprint density at radius 1 is 0.969 bits per heavy atom. The number of para-hydroxylation sites is 2. The number of carbonyl (C=O) groups is 2. The number of nitrogens with zero attached hydrogens (tertiary/aromatic N) is 1. The first-order valence-corrected chi connectivity index (χ1v) is 11.4. The Morgan fingerprint density at radius 3 is 2.53 bits per heavy atom. The molecule has 7 nitrogen and oxygen atoms in total. The largest absolute Gasteiger partial charge is 0.489 e. The molecule has 172 valence electrons. The predicted octanol–water partition coefficient (Wildman–Crippen LogP) is 4.17. The maximum absolute atomic E-state index is 12.8. The molecule has 0 atom stereocenters. The maximum atomic E-state index is 12.8. The van der Waals surface area contributed by atoms with Gasteiger partial charge in [0.1, 0.15) is 12.4 Å². The summed E-state index contributed by atoms with van der Waals surface area (Å²) < 4.78 is 11.0. The zero-order valence-electron chi connectivity index (χ0n) is 18.8. The van der Waals surface area contributed by atoms with Crippen LogP contribution in [0.2, 0.25) is 0 Å². The molecule has 1 saturated heterocycles. The summed E-state index contributed by atoms with van der Waals surface area (Å²) in [4.78, 5) is 27.3. The van der Waals surface area contributed by atoms with Gasteiger partial charge in [-0.2, -0.15) is 0 Å². The van der Waals surface area contributed by atoms with Crippen LogP contribution in [0.5, 0.6) is 5.75 Å². The van der Waals surface area contributed by atoms with E-state index >= 15 is 0 Å². The summed E-state index contributed by atoms with van der Waals surface area (Å²) >= 11 is 0. The van der Waals surface area contributed by atoms with E-state index in [-0.39, 0.29) is 18.4 Å². The first kappa shape index (κ1) is 23.6. The molecular formula is C25H33N3O4. The molecule has 2 aromatic rings. The van der Waals surface area contributed by atoms with Crippen LogP contribution in [0.4, 0.5) is 11.4 Å². The normalized spacial score (nSPS) is 13.8. The molecule has 0 aliphatic carbocycles. The molecule has 7 heteroatoms. The van der Waals surface area contributed by atoms with Gasteiger partial charge in [-0.25, -0.2) is 0 Å². The highest BCUT2D eigenvalue weighted by atomic mass is 16.5. The molecule has 1 aliphatic heterocycles. The van der Waals surface area contributed by atoms with Crippen molar-refractivity contribution in [1.82, 2.24) is 4.90 Å². The second-order valence-electron chi connectivity index (χ2n) is 7.73. The predicted molar refractivity (Wildman–Crippen MR) is 126 cm³/mol. The van der Waals surface area contributed by atoms with Crippen LogP contribution in [0.15, 0.2) is 48.5 Å². The van der Waals surface area contributed by atoms with Gasteiger partial charge in [-0.3, -0.25) is 9.59 Å². The number of ether oxygens (including phenoxy) is 2. The molecule has 0 aromatic heterocycles. The molecule has 32 heavy (non-hydrogen) atoms. The molecular weight excluding hydrogens is 406 g/mol. The van der Waals surface area contributed by atoms with Crippen molar-refractivity contribution < 1.29 is 19.1 Å². The van der Waals surface area contributed by atoms with E-state index in [2.05, 4.69) is 10.6 Å². The number of amides is 2. The SMILES string of the molecule is CCOCCOc1ccccc1NC(=O)CNc1cccc(C(=O)N2CCCCCC2)c1. The van der Waals surface area contributed by atoms with Crippen LogP contribution >= 0.6 is 0 Å². The first-order chi connectivity index (χ1) is 15.7. The fourth-order valence-corrected chi connectivity index (χ4v) is 3.65. The molecule has 3 rings (SSSR count). The molecule has 2 aromatic carbocycles. The Bertz CT molecular complexity index is 879. The zero-order chi connectivity index (χ0) is 22.6. The van der Waals surface area contributed by atoms with Gasteiger partial charge in [0.15, 0.2) is 0 Å². The smallest absolute Gasteiger partial charge is 0.253 e. The topological polar surface area (TPSA) is 79.9 Å². The second kappa shape index (κ2) is 12.7. The summed E-state index contributed by atoms with van der Waals surface area (Å²) in [5.74, 6) is 0.457. The van der Waals surface area contributed by atoms with Gasteiger partial charge in [0, 0.05) is 30.9 Å². The number of likely N-dealkylation sites (tertiary alicyclic amines) is 1. The molecule has 2 amide bonds. The lowest BCUT2D eigenvalue weighted by Gasteiger charge is -2.20.